The summed E-state index contributed by atoms with van der Waals surface area (Å²) in [7, 11) is 4.47. The molecule has 1 aliphatic heterocycles. The number of likely N-dealkylation sites (N-methyl/N-ethyl adjacent to an activating group) is 1. The highest BCUT2D eigenvalue weighted by Crippen LogP contribution is 2.26. The summed E-state index contributed by atoms with van der Waals surface area (Å²) in [6.07, 6.45) is 6.09. The number of rotatable bonds is 4. The van der Waals surface area contributed by atoms with Crippen LogP contribution in [0.4, 0.5) is 5.82 Å². The van der Waals surface area contributed by atoms with E-state index in [-0.39, 0.29) is 11.8 Å². The summed E-state index contributed by atoms with van der Waals surface area (Å²) in [5, 5.41) is 4.89. The van der Waals surface area contributed by atoms with Gasteiger partial charge in [-0.3, -0.25) is 9.59 Å². The van der Waals surface area contributed by atoms with Crippen LogP contribution in [0.5, 0.6) is 0 Å². The maximum Gasteiger partial charge on any atom is 0.246 e. The topological polar surface area (TPSA) is 101 Å². The van der Waals surface area contributed by atoms with E-state index in [1.165, 1.54) is 6.08 Å². The SMILES string of the molecule is Cc1c(CN(C)C(=O)/C=C/c2cnc3c(c2)CC[C@H](N)C(=O)N3)oc2cccc(P)c12. The van der Waals surface area contributed by atoms with E-state index < -0.39 is 6.04 Å². The van der Waals surface area contributed by atoms with Gasteiger partial charge in [0, 0.05) is 30.3 Å². The number of pyridine rings is 1. The fraction of sp³-hybridized carbons (Fsp3) is 0.261. The summed E-state index contributed by atoms with van der Waals surface area (Å²) >= 11 is 0. The van der Waals surface area contributed by atoms with Gasteiger partial charge in [-0.2, -0.15) is 0 Å². The van der Waals surface area contributed by atoms with Gasteiger partial charge in [0.25, 0.3) is 0 Å². The third-order valence-corrected chi connectivity index (χ3v) is 6.03. The van der Waals surface area contributed by atoms with Gasteiger partial charge in [0.2, 0.25) is 11.8 Å². The molecule has 8 heteroatoms. The summed E-state index contributed by atoms with van der Waals surface area (Å²) < 4.78 is 5.97. The number of fused-ring (bicyclic) bond motifs is 2. The first-order valence-electron chi connectivity index (χ1n) is 10.1. The van der Waals surface area contributed by atoms with E-state index in [1.54, 1.807) is 24.2 Å². The highest BCUT2D eigenvalue weighted by molar-refractivity contribution is 7.28. The molecular weight excluding hydrogens is 411 g/mol. The molecule has 1 unspecified atom stereocenters. The summed E-state index contributed by atoms with van der Waals surface area (Å²) in [5.41, 5.74) is 9.38. The molecule has 160 valence electrons. The zero-order valence-corrected chi connectivity index (χ0v) is 18.7. The normalized spacial score (nSPS) is 16.3. The van der Waals surface area contributed by atoms with Crippen molar-refractivity contribution in [1.29, 1.82) is 0 Å². The zero-order chi connectivity index (χ0) is 22.1. The van der Waals surface area contributed by atoms with Gasteiger partial charge < -0.3 is 20.4 Å². The molecule has 1 aliphatic rings. The zero-order valence-electron chi connectivity index (χ0n) is 17.5. The summed E-state index contributed by atoms with van der Waals surface area (Å²) in [6.45, 7) is 2.38. The number of amides is 2. The van der Waals surface area contributed by atoms with Crippen molar-refractivity contribution >= 4 is 49.2 Å². The van der Waals surface area contributed by atoms with Crippen LogP contribution in [0.15, 0.2) is 41.0 Å². The number of nitrogens with zero attached hydrogens (tertiary/aromatic N) is 2. The monoisotopic (exact) mass is 436 g/mol. The lowest BCUT2D eigenvalue weighted by Crippen LogP contribution is -2.34. The van der Waals surface area contributed by atoms with Gasteiger partial charge in [0.05, 0.1) is 12.6 Å². The van der Waals surface area contributed by atoms with E-state index in [1.807, 2.05) is 31.2 Å². The van der Waals surface area contributed by atoms with Crippen LogP contribution >= 0.6 is 9.24 Å². The first kappa shape index (κ1) is 21.2. The van der Waals surface area contributed by atoms with Crippen LogP contribution in [0.2, 0.25) is 0 Å². The van der Waals surface area contributed by atoms with Crippen molar-refractivity contribution in [3.8, 4) is 0 Å². The molecule has 2 aromatic heterocycles. The van der Waals surface area contributed by atoms with Crippen LogP contribution in [0, 0.1) is 6.92 Å². The second kappa shape index (κ2) is 8.61. The molecule has 0 fully saturated rings. The molecule has 0 saturated carbocycles. The predicted octanol–water partition coefficient (Wildman–Crippen LogP) is 2.52. The highest BCUT2D eigenvalue weighted by Gasteiger charge is 2.21. The number of anilines is 1. The van der Waals surface area contributed by atoms with E-state index in [9.17, 15) is 9.59 Å². The number of hydrogen-bond donors (Lipinski definition) is 2. The average molecular weight is 436 g/mol. The van der Waals surface area contributed by atoms with Crippen molar-refractivity contribution < 1.29 is 14.0 Å². The molecule has 2 amide bonds. The van der Waals surface area contributed by atoms with Crippen LogP contribution in [0.1, 0.15) is 28.9 Å². The highest BCUT2D eigenvalue weighted by atomic mass is 31.0. The third kappa shape index (κ3) is 4.38. The third-order valence-electron chi connectivity index (χ3n) is 5.55. The molecule has 3 N–H and O–H groups in total. The maximum atomic E-state index is 12.6. The number of nitrogens with two attached hydrogens (primary N) is 1. The van der Waals surface area contributed by atoms with Gasteiger partial charge >= 0.3 is 0 Å². The molecular formula is C23H25N4O3P. The Kier molecular flexibility index (Phi) is 5.90. The van der Waals surface area contributed by atoms with Gasteiger partial charge in [-0.05, 0) is 54.4 Å². The Morgan fingerprint density at radius 3 is 3.03 bits per heavy atom. The fourth-order valence-electron chi connectivity index (χ4n) is 3.70. The van der Waals surface area contributed by atoms with Gasteiger partial charge in [-0.15, -0.1) is 9.24 Å². The minimum absolute atomic E-state index is 0.142. The van der Waals surface area contributed by atoms with E-state index in [4.69, 9.17) is 10.2 Å². The number of furan rings is 1. The molecule has 0 saturated heterocycles. The molecule has 0 radical (unpaired) electrons. The average Bonchev–Trinajstić information content (AvgIpc) is 2.99. The van der Waals surface area contributed by atoms with Crippen molar-refractivity contribution in [3.05, 3.63) is 59.0 Å². The number of aryl methyl sites for hydroxylation is 2. The van der Waals surface area contributed by atoms with Crippen LogP contribution in [-0.4, -0.2) is 34.8 Å². The Bertz CT molecular complexity index is 1200. The number of benzene rings is 1. The summed E-state index contributed by atoms with van der Waals surface area (Å²) in [6, 6.07) is 7.29. The molecule has 3 aromatic rings. The quantitative estimate of drug-likeness (QED) is 0.484. The second-order valence-corrected chi connectivity index (χ2v) is 8.43. The smallest absolute Gasteiger partial charge is 0.246 e. The van der Waals surface area contributed by atoms with Gasteiger partial charge in [-0.25, -0.2) is 4.98 Å². The lowest BCUT2D eigenvalue weighted by atomic mass is 10.1. The minimum atomic E-state index is -0.535. The van der Waals surface area contributed by atoms with Crippen LogP contribution in [0.3, 0.4) is 0 Å². The fourth-order valence-corrected chi connectivity index (χ4v) is 4.17. The van der Waals surface area contributed by atoms with E-state index in [0.29, 0.717) is 25.2 Å². The number of carbonyl (C=O) groups excluding carboxylic acids is 2. The second-order valence-electron chi connectivity index (χ2n) is 7.81. The van der Waals surface area contributed by atoms with Crippen LogP contribution in [0.25, 0.3) is 17.0 Å². The lowest BCUT2D eigenvalue weighted by molar-refractivity contribution is -0.125. The Labute approximate surface area is 182 Å². The standard InChI is InChI=1S/C23H25N4O3P/c1-13-18(30-17-4-3-5-19(31)21(13)17)12-27(2)20(28)9-6-14-10-15-7-8-16(24)23(29)26-22(15)25-11-14/h3-6,9-11,16H,7-8,12,24,31H2,1-2H3,(H,25,26,29)/b9-6+/t16-/m0/s1. The van der Waals surface area contributed by atoms with Crippen molar-refractivity contribution in [1.82, 2.24) is 9.88 Å². The number of aromatic nitrogens is 1. The van der Waals surface area contributed by atoms with Crippen molar-refractivity contribution in [3.63, 3.8) is 0 Å². The minimum Gasteiger partial charge on any atom is -0.459 e. The van der Waals surface area contributed by atoms with Crippen molar-refractivity contribution in [2.75, 3.05) is 12.4 Å². The van der Waals surface area contributed by atoms with E-state index >= 15 is 0 Å². The molecule has 4 rings (SSSR count). The van der Waals surface area contributed by atoms with Gasteiger partial charge in [0.15, 0.2) is 0 Å². The molecule has 31 heavy (non-hydrogen) atoms. The summed E-state index contributed by atoms with van der Waals surface area (Å²) in [5.74, 6) is 0.942. The van der Waals surface area contributed by atoms with Crippen molar-refractivity contribution in [2.24, 2.45) is 5.73 Å². The largest absolute Gasteiger partial charge is 0.459 e. The van der Waals surface area contributed by atoms with E-state index in [0.717, 1.165) is 38.7 Å². The first-order chi connectivity index (χ1) is 14.8. The Morgan fingerprint density at radius 2 is 2.26 bits per heavy atom. The van der Waals surface area contributed by atoms with Gasteiger partial charge in [0.1, 0.15) is 17.2 Å². The molecule has 7 nitrogen and oxygen atoms in total. The molecule has 0 aliphatic carbocycles. The molecule has 2 atom stereocenters. The predicted molar refractivity (Wildman–Crippen MR) is 125 cm³/mol. The molecule has 0 spiro atoms. The van der Waals surface area contributed by atoms with Crippen molar-refractivity contribution in [2.45, 2.75) is 32.4 Å². The summed E-state index contributed by atoms with van der Waals surface area (Å²) in [4.78, 5) is 30.4. The maximum absolute atomic E-state index is 12.6. The molecule has 3 heterocycles. The van der Waals surface area contributed by atoms with E-state index in [2.05, 4.69) is 19.5 Å². The number of carbonyl (C=O) groups is 2. The van der Waals surface area contributed by atoms with Crippen LogP contribution in [-0.2, 0) is 22.6 Å². The molecule has 0 bridgehead atoms. The number of nitrogens with one attached hydrogen (secondary N) is 1. The Balaban J connectivity index is 1.47. The Morgan fingerprint density at radius 1 is 1.45 bits per heavy atom. The lowest BCUT2D eigenvalue weighted by Gasteiger charge is -2.14. The van der Waals surface area contributed by atoms with Crippen LogP contribution < -0.4 is 16.4 Å². The number of hydrogen-bond acceptors (Lipinski definition) is 5. The molecule has 1 aromatic carbocycles. The van der Waals surface area contributed by atoms with Gasteiger partial charge in [-0.1, -0.05) is 12.1 Å². The Hall–Kier alpha value is -3.02. The first-order valence-corrected chi connectivity index (χ1v) is 10.7.